The van der Waals surface area contributed by atoms with Gasteiger partial charge in [0.25, 0.3) is 0 Å². The van der Waals surface area contributed by atoms with Gasteiger partial charge in [-0.05, 0) is 42.3 Å². The van der Waals surface area contributed by atoms with E-state index in [2.05, 4.69) is 0 Å². The molecule has 2 aliphatic rings. The molecule has 2 saturated heterocycles. The third-order valence-corrected chi connectivity index (χ3v) is 6.62. The van der Waals surface area contributed by atoms with E-state index in [0.29, 0.717) is 16.7 Å². The second-order valence-corrected chi connectivity index (χ2v) is 9.46. The first-order chi connectivity index (χ1) is 18.5. The van der Waals surface area contributed by atoms with Crippen LogP contribution >= 0.6 is 0 Å². The molecule has 0 amide bonds. The molecule has 0 radical (unpaired) electrons. The lowest BCUT2D eigenvalue weighted by molar-refractivity contribution is -0.307. The average Bonchev–Trinajstić information content (AvgIpc) is 2.90. The summed E-state index contributed by atoms with van der Waals surface area (Å²) >= 11 is 0. The van der Waals surface area contributed by atoms with Crippen LogP contribution in [-0.2, 0) is 14.2 Å². The molecule has 2 aromatic rings. The third-order valence-electron chi connectivity index (χ3n) is 6.62. The van der Waals surface area contributed by atoms with Gasteiger partial charge < -0.3 is 64.9 Å². The molecule has 0 unspecified atom stereocenters. The van der Waals surface area contributed by atoms with Crippen LogP contribution in [-0.4, -0.2) is 114 Å². The minimum absolute atomic E-state index is 0.0675. The van der Waals surface area contributed by atoms with Crippen LogP contribution in [0.5, 0.6) is 23.0 Å². The summed E-state index contributed by atoms with van der Waals surface area (Å²) in [6.07, 6.45) is -10.3. The number of hydrogen-bond acceptors (Lipinski definition) is 13. The van der Waals surface area contributed by atoms with Crippen LogP contribution in [0.1, 0.15) is 16.7 Å². The normalized spacial score (nSPS) is 33.4. The van der Waals surface area contributed by atoms with Crippen LogP contribution in [0.3, 0.4) is 0 Å². The summed E-state index contributed by atoms with van der Waals surface area (Å²) in [5, 5.41) is 90.5. The minimum Gasteiger partial charge on any atom is -0.508 e. The average molecular weight is 553 g/mol. The zero-order valence-corrected chi connectivity index (χ0v) is 20.8. The first-order valence-corrected chi connectivity index (χ1v) is 12.1. The lowest BCUT2D eigenvalue weighted by Gasteiger charge is -2.41. The van der Waals surface area contributed by atoms with Crippen LogP contribution in [0.25, 0.3) is 12.2 Å². The largest absolute Gasteiger partial charge is 0.508 e. The van der Waals surface area contributed by atoms with Crippen LogP contribution in [0.4, 0.5) is 0 Å². The van der Waals surface area contributed by atoms with E-state index in [1.165, 1.54) is 24.3 Å². The van der Waals surface area contributed by atoms with Crippen molar-refractivity contribution < 1.29 is 64.9 Å². The predicted molar refractivity (Wildman–Crippen MR) is 133 cm³/mol. The van der Waals surface area contributed by atoms with Crippen molar-refractivity contribution in [3.05, 3.63) is 47.0 Å². The zero-order valence-electron chi connectivity index (χ0n) is 20.8. The number of aromatic hydroxyl groups is 3. The van der Waals surface area contributed by atoms with Gasteiger partial charge in [0.1, 0.15) is 54.2 Å². The fraction of sp³-hybridized carbons (Fsp3) is 0.462. The Balaban J connectivity index is 1.40. The standard InChI is InChI=1S/C26H32O13/c1-11-14(27)7-13(8-15(11)28)3-2-12-4-5-18(16(29)6-12)38-26-24(35)22(33)21(32)19(39-26)10-37-25-23(34)20(31)17(30)9-36-25/h2-8,17,19-35H,9-10H2,1H3/t17-,19-,20+,21-,22+,23-,24-,25+,26-/m1/s1. The smallest absolute Gasteiger partial charge is 0.229 e. The van der Waals surface area contributed by atoms with E-state index < -0.39 is 61.9 Å². The molecule has 2 aromatic carbocycles. The zero-order chi connectivity index (χ0) is 28.4. The molecule has 2 aliphatic heterocycles. The summed E-state index contributed by atoms with van der Waals surface area (Å²) in [5.74, 6) is -0.570. The van der Waals surface area contributed by atoms with Gasteiger partial charge in [-0.25, -0.2) is 0 Å². The van der Waals surface area contributed by atoms with Crippen LogP contribution in [0.15, 0.2) is 30.3 Å². The van der Waals surface area contributed by atoms with Crippen molar-refractivity contribution in [2.24, 2.45) is 0 Å². The van der Waals surface area contributed by atoms with E-state index in [4.69, 9.17) is 18.9 Å². The highest BCUT2D eigenvalue weighted by Gasteiger charge is 2.46. The van der Waals surface area contributed by atoms with Crippen molar-refractivity contribution in [2.45, 2.75) is 62.2 Å². The first kappa shape index (κ1) is 29.0. The third kappa shape index (κ3) is 6.44. The van der Waals surface area contributed by atoms with Gasteiger partial charge >= 0.3 is 0 Å². The van der Waals surface area contributed by atoms with Gasteiger partial charge in [-0.15, -0.1) is 0 Å². The summed E-state index contributed by atoms with van der Waals surface area (Å²) in [4.78, 5) is 0. The maximum Gasteiger partial charge on any atom is 0.229 e. The minimum atomic E-state index is -1.71. The Bertz CT molecular complexity index is 1150. The summed E-state index contributed by atoms with van der Waals surface area (Å²) in [6, 6.07) is 7.25. The number of rotatable bonds is 7. The molecule has 0 bridgehead atoms. The summed E-state index contributed by atoms with van der Waals surface area (Å²) in [7, 11) is 0. The predicted octanol–water partition coefficient (Wildman–Crippen LogP) is -1.08. The molecule has 9 N–H and O–H groups in total. The Kier molecular flexibility index (Phi) is 8.96. The molecule has 0 saturated carbocycles. The maximum absolute atomic E-state index is 10.5. The topological polar surface area (TPSA) is 219 Å². The van der Waals surface area contributed by atoms with Crippen molar-refractivity contribution >= 4 is 12.2 Å². The number of hydrogen-bond donors (Lipinski definition) is 9. The first-order valence-electron chi connectivity index (χ1n) is 12.1. The van der Waals surface area contributed by atoms with Crippen molar-refractivity contribution in [2.75, 3.05) is 13.2 Å². The molecule has 13 heteroatoms. The van der Waals surface area contributed by atoms with E-state index >= 15 is 0 Å². The number of phenolic OH excluding ortho intramolecular Hbond substituents is 3. The van der Waals surface area contributed by atoms with E-state index in [-0.39, 0.29) is 29.6 Å². The molecule has 0 aromatic heterocycles. The summed E-state index contributed by atoms with van der Waals surface area (Å²) in [5.41, 5.74) is 1.40. The van der Waals surface area contributed by atoms with Gasteiger partial charge in [0.2, 0.25) is 6.29 Å². The lowest BCUT2D eigenvalue weighted by atomic mass is 9.99. The molecule has 4 rings (SSSR count). The number of phenols is 3. The Morgan fingerprint density at radius 3 is 2.05 bits per heavy atom. The number of aliphatic hydroxyl groups excluding tert-OH is 6. The van der Waals surface area contributed by atoms with Gasteiger partial charge in [0.15, 0.2) is 17.8 Å². The monoisotopic (exact) mass is 552 g/mol. The van der Waals surface area contributed by atoms with Crippen LogP contribution in [0.2, 0.25) is 0 Å². The molecular weight excluding hydrogens is 520 g/mol. The number of ether oxygens (including phenoxy) is 4. The fourth-order valence-electron chi connectivity index (χ4n) is 4.12. The molecule has 9 atom stereocenters. The molecule has 2 heterocycles. The fourth-order valence-corrected chi connectivity index (χ4v) is 4.12. The van der Waals surface area contributed by atoms with Crippen molar-refractivity contribution in [3.63, 3.8) is 0 Å². The second-order valence-electron chi connectivity index (χ2n) is 9.46. The highest BCUT2D eigenvalue weighted by Crippen LogP contribution is 2.33. The van der Waals surface area contributed by atoms with Crippen LogP contribution < -0.4 is 4.74 Å². The van der Waals surface area contributed by atoms with Crippen molar-refractivity contribution in [1.29, 1.82) is 0 Å². The molecule has 0 spiro atoms. The summed E-state index contributed by atoms with van der Waals surface area (Å²) < 4.78 is 21.6. The SMILES string of the molecule is Cc1c(O)cc(C=Cc2ccc(O[C@@H]3O[C@H](CO[C@@H]4OC[C@@H](O)[C@H](O)[C@H]4O)[C@@H](O)[C@H](O)[C@H]3O)c(O)c2)cc1O. The number of aliphatic hydroxyl groups is 6. The van der Waals surface area contributed by atoms with Gasteiger partial charge in [0, 0.05) is 5.56 Å². The molecule has 2 fully saturated rings. The van der Waals surface area contributed by atoms with E-state index in [0.717, 1.165) is 0 Å². The lowest BCUT2D eigenvalue weighted by Crippen LogP contribution is -2.61. The molecule has 39 heavy (non-hydrogen) atoms. The maximum atomic E-state index is 10.5. The Labute approximate surface area is 222 Å². The molecular formula is C26H32O13. The van der Waals surface area contributed by atoms with Gasteiger partial charge in [-0.2, -0.15) is 0 Å². The Morgan fingerprint density at radius 2 is 1.38 bits per heavy atom. The van der Waals surface area contributed by atoms with Crippen molar-refractivity contribution in [3.8, 4) is 23.0 Å². The Hall–Kier alpha value is -2.98. The second kappa shape index (κ2) is 12.0. The highest BCUT2D eigenvalue weighted by molar-refractivity contribution is 5.72. The number of benzene rings is 2. The Morgan fingerprint density at radius 1 is 0.769 bits per heavy atom. The molecule has 214 valence electrons. The van der Waals surface area contributed by atoms with E-state index in [1.807, 2.05) is 0 Å². The van der Waals surface area contributed by atoms with Gasteiger partial charge in [-0.1, -0.05) is 18.2 Å². The quantitative estimate of drug-likeness (QED) is 0.187. The van der Waals surface area contributed by atoms with E-state index in [1.54, 1.807) is 25.1 Å². The van der Waals surface area contributed by atoms with Gasteiger partial charge in [-0.3, -0.25) is 0 Å². The highest BCUT2D eigenvalue weighted by atomic mass is 16.7. The molecule has 0 aliphatic carbocycles. The van der Waals surface area contributed by atoms with Gasteiger partial charge in [0.05, 0.1) is 13.2 Å². The van der Waals surface area contributed by atoms with E-state index in [9.17, 15) is 46.0 Å². The van der Waals surface area contributed by atoms with Crippen LogP contribution in [0, 0.1) is 6.92 Å². The molecule has 13 nitrogen and oxygen atoms in total. The van der Waals surface area contributed by atoms with Crippen molar-refractivity contribution in [1.82, 2.24) is 0 Å². The summed E-state index contributed by atoms with van der Waals surface area (Å²) in [6.45, 7) is 0.823.